The molecule has 0 heterocycles. The van der Waals surface area contributed by atoms with Crippen molar-refractivity contribution in [1.82, 2.24) is 5.32 Å². The van der Waals surface area contributed by atoms with Crippen LogP contribution in [0.15, 0.2) is 54.6 Å². The number of nitrogens with two attached hydrogens (primary N) is 1. The highest BCUT2D eigenvalue weighted by atomic mass is 19.3. The highest BCUT2D eigenvalue weighted by Crippen LogP contribution is 2.19. The Morgan fingerprint density at radius 3 is 2.12 bits per heavy atom. The number of hydrogen-bond acceptors (Lipinski definition) is 5. The fraction of sp³-hybridized carbons (Fsp3) is 0.348. The van der Waals surface area contributed by atoms with E-state index in [9.17, 15) is 23.2 Å². The van der Waals surface area contributed by atoms with Gasteiger partial charge in [-0.1, -0.05) is 30.3 Å². The van der Waals surface area contributed by atoms with E-state index in [0.29, 0.717) is 11.3 Å². The number of hydrogen-bond donors (Lipinski definition) is 3. The number of rotatable bonds is 8. The Balaban J connectivity index is 2.15. The van der Waals surface area contributed by atoms with Crippen LogP contribution in [0.25, 0.3) is 0 Å². The van der Waals surface area contributed by atoms with E-state index in [-0.39, 0.29) is 12.0 Å². The lowest BCUT2D eigenvalue weighted by Crippen LogP contribution is -2.52. The van der Waals surface area contributed by atoms with Crippen LogP contribution in [0.3, 0.4) is 0 Å². The molecule has 0 aliphatic rings. The van der Waals surface area contributed by atoms with E-state index in [4.69, 9.17) is 10.5 Å². The normalized spacial score (nSPS) is 12.6. The first kappa shape index (κ1) is 24.9. The van der Waals surface area contributed by atoms with Crippen molar-refractivity contribution < 1.29 is 27.9 Å². The third-order valence-electron chi connectivity index (χ3n) is 4.31. The number of nitrogens with one attached hydrogen (secondary N) is 2. The van der Waals surface area contributed by atoms with E-state index < -0.39 is 41.9 Å². The minimum atomic E-state index is -3.78. The largest absolute Gasteiger partial charge is 0.444 e. The second-order valence-corrected chi connectivity index (χ2v) is 8.19. The molecule has 0 aromatic heterocycles. The van der Waals surface area contributed by atoms with Crippen LogP contribution in [0.2, 0.25) is 0 Å². The molecule has 7 nitrogen and oxygen atoms in total. The van der Waals surface area contributed by atoms with Gasteiger partial charge in [-0.25, -0.2) is 4.79 Å². The summed E-state index contributed by atoms with van der Waals surface area (Å²) in [6.45, 7) is 4.03. The minimum absolute atomic E-state index is 0.181. The molecule has 0 radical (unpaired) electrons. The van der Waals surface area contributed by atoms with Gasteiger partial charge in [0.25, 0.3) is 5.91 Å². The van der Waals surface area contributed by atoms with Crippen LogP contribution in [-0.4, -0.2) is 41.9 Å². The van der Waals surface area contributed by atoms with Gasteiger partial charge in [0.2, 0.25) is 5.78 Å². The molecular formula is C23H27F2N3O4. The van der Waals surface area contributed by atoms with Gasteiger partial charge in [-0.05, 0) is 50.6 Å². The van der Waals surface area contributed by atoms with Crippen LogP contribution >= 0.6 is 0 Å². The predicted octanol–water partition coefficient (Wildman–Crippen LogP) is 3.54. The van der Waals surface area contributed by atoms with Gasteiger partial charge < -0.3 is 15.8 Å². The van der Waals surface area contributed by atoms with Crippen LogP contribution < -0.4 is 16.4 Å². The van der Waals surface area contributed by atoms with Gasteiger partial charge in [0, 0.05) is 17.7 Å². The maximum Gasteiger partial charge on any atom is 0.412 e. The van der Waals surface area contributed by atoms with E-state index in [0.717, 1.165) is 0 Å². The zero-order valence-electron chi connectivity index (χ0n) is 18.2. The van der Waals surface area contributed by atoms with Crippen molar-refractivity contribution >= 4 is 23.5 Å². The molecule has 0 spiro atoms. The number of carbonyl (C=O) groups is 3. The Labute approximate surface area is 185 Å². The molecule has 0 fully saturated rings. The standard InChI is InChI=1S/C23H27F2N3O4/c1-22(2,3)32-21(31)27-17-11-9-15(10-12-17)13-18(19(29)23(24,25)14-26)28-20(30)16-7-5-4-6-8-16/h4-12,18H,13-14,26H2,1-3H3,(H,27,31)(H,28,30). The molecule has 0 aliphatic heterocycles. The fourth-order valence-electron chi connectivity index (χ4n) is 2.78. The lowest BCUT2D eigenvalue weighted by atomic mass is 9.98. The Hall–Kier alpha value is -3.33. The molecule has 2 aromatic carbocycles. The quantitative estimate of drug-likeness (QED) is 0.573. The van der Waals surface area contributed by atoms with Crippen molar-refractivity contribution in [1.29, 1.82) is 0 Å². The van der Waals surface area contributed by atoms with E-state index in [1.54, 1.807) is 63.2 Å². The SMILES string of the molecule is CC(C)(C)OC(=O)Nc1ccc(CC(NC(=O)c2ccccc2)C(=O)C(F)(F)CN)cc1. The Kier molecular flexibility index (Phi) is 8.04. The second kappa shape index (κ2) is 10.3. The number of ether oxygens (including phenoxy) is 1. The molecule has 2 aromatic rings. The molecule has 172 valence electrons. The summed E-state index contributed by atoms with van der Waals surface area (Å²) in [5.41, 5.74) is 5.55. The van der Waals surface area contributed by atoms with Crippen molar-refractivity contribution in [3.63, 3.8) is 0 Å². The molecule has 4 N–H and O–H groups in total. The number of halogens is 2. The van der Waals surface area contributed by atoms with Crippen molar-refractivity contribution in [2.24, 2.45) is 5.73 Å². The number of ketones is 1. The lowest BCUT2D eigenvalue weighted by Gasteiger charge is -2.22. The zero-order valence-corrected chi connectivity index (χ0v) is 18.2. The summed E-state index contributed by atoms with van der Waals surface area (Å²) in [5.74, 6) is -5.91. The maximum atomic E-state index is 14.0. The number of amides is 2. The summed E-state index contributed by atoms with van der Waals surface area (Å²) >= 11 is 0. The Morgan fingerprint density at radius 2 is 1.59 bits per heavy atom. The summed E-state index contributed by atoms with van der Waals surface area (Å²) in [6.07, 6.45) is -0.823. The zero-order chi connectivity index (χ0) is 23.9. The van der Waals surface area contributed by atoms with Gasteiger partial charge in [-0.2, -0.15) is 8.78 Å². The summed E-state index contributed by atoms with van der Waals surface area (Å²) in [6, 6.07) is 12.7. The van der Waals surface area contributed by atoms with Gasteiger partial charge in [-0.15, -0.1) is 0 Å². The van der Waals surface area contributed by atoms with Crippen LogP contribution in [0, 0.1) is 0 Å². The smallest absolute Gasteiger partial charge is 0.412 e. The van der Waals surface area contributed by atoms with E-state index in [1.165, 1.54) is 12.1 Å². The number of anilines is 1. The van der Waals surface area contributed by atoms with Crippen molar-refractivity contribution in [3.05, 3.63) is 65.7 Å². The second-order valence-electron chi connectivity index (χ2n) is 8.19. The molecule has 0 bridgehead atoms. The Bertz CT molecular complexity index is 942. The van der Waals surface area contributed by atoms with Crippen molar-refractivity contribution in [2.75, 3.05) is 11.9 Å². The maximum absolute atomic E-state index is 14.0. The molecule has 1 unspecified atom stereocenters. The van der Waals surface area contributed by atoms with Crippen molar-refractivity contribution in [3.8, 4) is 0 Å². The van der Waals surface area contributed by atoms with Crippen LogP contribution in [-0.2, 0) is 16.0 Å². The monoisotopic (exact) mass is 447 g/mol. The van der Waals surface area contributed by atoms with Crippen LogP contribution in [0.4, 0.5) is 19.3 Å². The molecule has 2 rings (SSSR count). The molecule has 0 saturated heterocycles. The summed E-state index contributed by atoms with van der Waals surface area (Å²) in [7, 11) is 0. The van der Waals surface area contributed by atoms with Gasteiger partial charge in [0.1, 0.15) is 5.60 Å². The van der Waals surface area contributed by atoms with Gasteiger partial charge in [0.05, 0.1) is 12.6 Å². The molecule has 0 aliphatic carbocycles. The third kappa shape index (κ3) is 7.42. The highest BCUT2D eigenvalue weighted by molar-refractivity contribution is 5.99. The molecule has 1 atom stereocenters. The van der Waals surface area contributed by atoms with Crippen LogP contribution in [0.1, 0.15) is 36.7 Å². The molecule has 9 heteroatoms. The number of benzene rings is 2. The third-order valence-corrected chi connectivity index (χ3v) is 4.31. The topological polar surface area (TPSA) is 111 Å². The average molecular weight is 447 g/mol. The number of alkyl halides is 2. The van der Waals surface area contributed by atoms with Gasteiger partial charge >= 0.3 is 12.0 Å². The van der Waals surface area contributed by atoms with E-state index in [1.807, 2.05) is 0 Å². The fourth-order valence-corrected chi connectivity index (χ4v) is 2.78. The molecule has 2 amide bonds. The Morgan fingerprint density at radius 1 is 1.00 bits per heavy atom. The predicted molar refractivity (Wildman–Crippen MR) is 117 cm³/mol. The summed E-state index contributed by atoms with van der Waals surface area (Å²) in [4.78, 5) is 36.7. The van der Waals surface area contributed by atoms with E-state index in [2.05, 4.69) is 10.6 Å². The lowest BCUT2D eigenvalue weighted by molar-refractivity contribution is -0.143. The van der Waals surface area contributed by atoms with Gasteiger partial charge in [-0.3, -0.25) is 14.9 Å². The summed E-state index contributed by atoms with van der Waals surface area (Å²) in [5, 5.41) is 4.94. The van der Waals surface area contributed by atoms with E-state index >= 15 is 0 Å². The molecule has 32 heavy (non-hydrogen) atoms. The first-order chi connectivity index (χ1) is 14.9. The molecule has 0 saturated carbocycles. The first-order valence-electron chi connectivity index (χ1n) is 9.98. The summed E-state index contributed by atoms with van der Waals surface area (Å²) < 4.78 is 33.2. The van der Waals surface area contributed by atoms with Crippen molar-refractivity contribution in [2.45, 2.75) is 44.8 Å². The molecular weight excluding hydrogens is 420 g/mol. The highest BCUT2D eigenvalue weighted by Gasteiger charge is 2.42. The minimum Gasteiger partial charge on any atom is -0.444 e. The average Bonchev–Trinajstić information content (AvgIpc) is 2.73. The number of Topliss-reactive ketones (excluding diaryl/α,β-unsaturated/α-hetero) is 1. The number of carbonyl (C=O) groups excluding carboxylic acids is 3. The van der Waals surface area contributed by atoms with Gasteiger partial charge in [0.15, 0.2) is 0 Å². The van der Waals surface area contributed by atoms with Crippen LogP contribution in [0.5, 0.6) is 0 Å². The first-order valence-corrected chi connectivity index (χ1v) is 9.98.